The molecule has 2 aromatic carbocycles. The van der Waals surface area contributed by atoms with E-state index in [0.717, 1.165) is 61.2 Å². The molecule has 0 radical (unpaired) electrons. The minimum Gasteiger partial charge on any atom is -0.478 e. The number of hydrogen-bond donors (Lipinski definition) is 4. The maximum Gasteiger partial charge on any atom is 0.328 e. The van der Waals surface area contributed by atoms with E-state index in [1.54, 1.807) is 6.07 Å². The third-order valence-corrected chi connectivity index (χ3v) is 6.88. The number of alkyl halides is 1. The molecule has 0 aliphatic carbocycles. The fraction of sp³-hybridized carbons (Fsp3) is 0.300. The molecule has 3 aromatic rings. The molecular formula is C30H31F2N3O9. The lowest BCUT2D eigenvalue weighted by molar-refractivity contribution is -0.134. The van der Waals surface area contributed by atoms with Crippen LogP contribution in [0.4, 0.5) is 8.78 Å². The van der Waals surface area contributed by atoms with E-state index in [1.165, 1.54) is 12.1 Å². The van der Waals surface area contributed by atoms with E-state index in [-0.39, 0.29) is 5.82 Å². The molecule has 44 heavy (non-hydrogen) atoms. The van der Waals surface area contributed by atoms with Crippen LogP contribution in [-0.2, 0) is 25.7 Å². The Hall–Kier alpha value is -4.95. The lowest BCUT2D eigenvalue weighted by Gasteiger charge is -2.32. The van der Waals surface area contributed by atoms with Crippen molar-refractivity contribution in [1.29, 1.82) is 0 Å². The zero-order chi connectivity index (χ0) is 32.2. The minimum atomic E-state index is -1.26. The van der Waals surface area contributed by atoms with Gasteiger partial charge in [0.15, 0.2) is 11.9 Å². The Balaban J connectivity index is 0.000000275. The van der Waals surface area contributed by atoms with Crippen LogP contribution in [0.5, 0.6) is 0 Å². The van der Waals surface area contributed by atoms with Crippen molar-refractivity contribution in [1.82, 2.24) is 15.0 Å². The highest BCUT2D eigenvalue weighted by Gasteiger charge is 2.30. The minimum absolute atomic E-state index is 0.305. The standard InChI is InChI=1S/C22H23F2N3O.2C4H4O4/c23-17-5-6-19-20(13-17)28-25-21(19)15-7-9-26(10-8-15)11-12-27-14-16-3-1-2-4-18(16)22(27)24;2*5-3(6)1-2-4(7)8/h1-6,13,15,22H,7-12,14H2;2*1-2H,(H,5,6)(H,7,8)/b;2*2-1+/t22-;;/m1../s1. The molecule has 14 heteroatoms. The largest absolute Gasteiger partial charge is 0.478 e. The fourth-order valence-corrected chi connectivity index (χ4v) is 4.81. The Bertz CT molecular complexity index is 1460. The van der Waals surface area contributed by atoms with Crippen molar-refractivity contribution in [2.45, 2.75) is 31.6 Å². The van der Waals surface area contributed by atoms with Crippen molar-refractivity contribution >= 4 is 34.8 Å². The molecular weight excluding hydrogens is 584 g/mol. The molecule has 1 atom stereocenters. The van der Waals surface area contributed by atoms with Crippen molar-refractivity contribution in [2.24, 2.45) is 0 Å². The van der Waals surface area contributed by atoms with Crippen LogP contribution in [-0.4, -0.2) is 85.4 Å². The normalized spacial score (nSPS) is 17.1. The highest BCUT2D eigenvalue weighted by Crippen LogP contribution is 2.35. The lowest BCUT2D eigenvalue weighted by Crippen LogP contribution is -2.38. The molecule has 1 saturated heterocycles. The number of nitrogens with zero attached hydrogens (tertiary/aromatic N) is 3. The number of fused-ring (bicyclic) bond motifs is 2. The quantitative estimate of drug-likeness (QED) is 0.211. The number of rotatable bonds is 8. The second kappa shape index (κ2) is 16.0. The number of piperidine rings is 1. The van der Waals surface area contributed by atoms with Gasteiger partial charge in [-0.25, -0.2) is 28.0 Å². The molecule has 2 aliphatic heterocycles. The van der Waals surface area contributed by atoms with Crippen LogP contribution < -0.4 is 0 Å². The van der Waals surface area contributed by atoms with Gasteiger partial charge in [0.1, 0.15) is 5.82 Å². The number of likely N-dealkylation sites (tertiary alicyclic amines) is 1. The van der Waals surface area contributed by atoms with E-state index in [1.807, 2.05) is 29.2 Å². The van der Waals surface area contributed by atoms with Crippen LogP contribution in [0.1, 0.15) is 41.9 Å². The first kappa shape index (κ1) is 33.6. The van der Waals surface area contributed by atoms with Crippen molar-refractivity contribution in [3.05, 3.63) is 89.4 Å². The average molecular weight is 616 g/mol. The van der Waals surface area contributed by atoms with Crippen molar-refractivity contribution in [3.8, 4) is 0 Å². The van der Waals surface area contributed by atoms with Crippen molar-refractivity contribution in [3.63, 3.8) is 0 Å². The van der Waals surface area contributed by atoms with Crippen molar-refractivity contribution in [2.75, 3.05) is 26.2 Å². The Kier molecular flexibility index (Phi) is 12.2. The number of benzene rings is 2. The van der Waals surface area contributed by atoms with Gasteiger partial charge in [-0.05, 0) is 43.6 Å². The monoisotopic (exact) mass is 615 g/mol. The molecule has 0 spiro atoms. The first-order valence-electron chi connectivity index (χ1n) is 13.5. The predicted molar refractivity (Wildman–Crippen MR) is 152 cm³/mol. The van der Waals surface area contributed by atoms with Gasteiger partial charge in [-0.15, -0.1) is 0 Å². The van der Waals surface area contributed by atoms with Crippen molar-refractivity contribution < 1.29 is 52.9 Å². The van der Waals surface area contributed by atoms with Gasteiger partial charge >= 0.3 is 23.9 Å². The number of aliphatic carboxylic acids is 4. The van der Waals surface area contributed by atoms with E-state index < -0.39 is 30.2 Å². The van der Waals surface area contributed by atoms with Gasteiger partial charge in [-0.3, -0.25) is 4.90 Å². The zero-order valence-corrected chi connectivity index (χ0v) is 23.4. The Labute approximate surface area is 250 Å². The summed E-state index contributed by atoms with van der Waals surface area (Å²) >= 11 is 0. The summed E-state index contributed by atoms with van der Waals surface area (Å²) in [5.74, 6) is -5.01. The molecule has 12 nitrogen and oxygen atoms in total. The summed E-state index contributed by atoms with van der Waals surface area (Å²) in [5.41, 5.74) is 3.37. The number of halogens is 2. The highest BCUT2D eigenvalue weighted by molar-refractivity contribution is 5.90. The van der Waals surface area contributed by atoms with Crippen LogP contribution in [0.2, 0.25) is 0 Å². The second-order valence-electron chi connectivity index (χ2n) is 9.85. The Morgan fingerprint density at radius 2 is 1.43 bits per heavy atom. The molecule has 234 valence electrons. The topological polar surface area (TPSA) is 182 Å². The summed E-state index contributed by atoms with van der Waals surface area (Å²) in [6.07, 6.45) is 3.21. The molecule has 0 unspecified atom stereocenters. The summed E-state index contributed by atoms with van der Waals surface area (Å²) in [6.45, 7) is 4.20. The Morgan fingerprint density at radius 3 is 1.98 bits per heavy atom. The summed E-state index contributed by atoms with van der Waals surface area (Å²) in [7, 11) is 0. The highest BCUT2D eigenvalue weighted by atomic mass is 19.1. The molecule has 1 aromatic heterocycles. The molecule has 0 saturated carbocycles. The first-order chi connectivity index (χ1) is 20.9. The summed E-state index contributed by atoms with van der Waals surface area (Å²) in [4.78, 5) is 42.5. The number of carboxylic acid groups (broad SMARTS) is 4. The van der Waals surface area contributed by atoms with Crippen LogP contribution >= 0.6 is 0 Å². The molecule has 3 heterocycles. The molecule has 4 N–H and O–H groups in total. The van der Waals surface area contributed by atoms with Gasteiger partial charge in [-0.1, -0.05) is 29.4 Å². The van der Waals surface area contributed by atoms with E-state index in [2.05, 4.69) is 10.1 Å². The summed E-state index contributed by atoms with van der Waals surface area (Å²) in [5, 5.41) is 36.4. The zero-order valence-electron chi connectivity index (χ0n) is 23.4. The number of aromatic nitrogens is 1. The number of carbonyl (C=O) groups is 4. The second-order valence-corrected chi connectivity index (χ2v) is 9.85. The van der Waals surface area contributed by atoms with Crippen LogP contribution in [0, 0.1) is 5.82 Å². The molecule has 0 amide bonds. The molecule has 2 aliphatic rings. The maximum absolute atomic E-state index is 14.6. The van der Waals surface area contributed by atoms with E-state index in [9.17, 15) is 28.0 Å². The Morgan fingerprint density at radius 1 is 0.864 bits per heavy atom. The predicted octanol–water partition coefficient (Wildman–Crippen LogP) is 4.05. The van der Waals surface area contributed by atoms with Gasteiger partial charge in [0.05, 0.1) is 5.69 Å². The average Bonchev–Trinajstić information content (AvgIpc) is 3.55. The summed E-state index contributed by atoms with van der Waals surface area (Å²) < 4.78 is 33.3. The molecule has 5 rings (SSSR count). The third kappa shape index (κ3) is 10.1. The summed E-state index contributed by atoms with van der Waals surface area (Å²) in [6, 6.07) is 12.4. The van der Waals surface area contributed by atoms with E-state index >= 15 is 0 Å². The number of hydrogen-bond acceptors (Lipinski definition) is 8. The van der Waals surface area contributed by atoms with Crippen LogP contribution in [0.25, 0.3) is 11.0 Å². The maximum atomic E-state index is 14.6. The van der Waals surface area contributed by atoms with Crippen LogP contribution in [0.3, 0.4) is 0 Å². The van der Waals surface area contributed by atoms with E-state index in [4.69, 9.17) is 24.9 Å². The van der Waals surface area contributed by atoms with Gasteiger partial charge in [0.2, 0.25) is 0 Å². The van der Waals surface area contributed by atoms with Gasteiger partial charge in [0, 0.05) is 66.9 Å². The molecule has 1 fully saturated rings. The lowest BCUT2D eigenvalue weighted by atomic mass is 9.91. The SMILES string of the molecule is Fc1ccc2c(C3CCN(CCN4Cc5ccccc5[C@@H]4F)CC3)noc2c1.O=C(O)/C=C/C(=O)O.O=C(O)/C=C/C(=O)O. The van der Waals surface area contributed by atoms with Gasteiger partial charge in [0.25, 0.3) is 0 Å². The first-order valence-corrected chi connectivity index (χ1v) is 13.5. The van der Waals surface area contributed by atoms with E-state index in [0.29, 0.717) is 42.3 Å². The fourth-order valence-electron chi connectivity index (χ4n) is 4.81. The third-order valence-electron chi connectivity index (χ3n) is 6.88. The smallest absolute Gasteiger partial charge is 0.328 e. The van der Waals surface area contributed by atoms with Crippen LogP contribution in [0.15, 0.2) is 71.3 Å². The van der Waals surface area contributed by atoms with Gasteiger partial charge in [-0.2, -0.15) is 0 Å². The van der Waals surface area contributed by atoms with Gasteiger partial charge < -0.3 is 29.8 Å². The number of carboxylic acids is 4. The molecule has 0 bridgehead atoms.